The van der Waals surface area contributed by atoms with E-state index < -0.39 is 0 Å². The second-order valence-electron chi connectivity index (χ2n) is 2.80. The zero-order valence-corrected chi connectivity index (χ0v) is 8.27. The fourth-order valence-electron chi connectivity index (χ4n) is 1.27. The van der Waals surface area contributed by atoms with Crippen LogP contribution in [-0.2, 0) is 4.79 Å². The first-order valence-electron chi connectivity index (χ1n) is 3.83. The van der Waals surface area contributed by atoms with E-state index >= 15 is 0 Å². The molecule has 1 unspecified atom stereocenters. The lowest BCUT2D eigenvalue weighted by atomic mass is 10.3. The van der Waals surface area contributed by atoms with E-state index in [-0.39, 0.29) is 9.72 Å². The molecule has 4 heteroatoms. The maximum absolute atomic E-state index is 11.4. The van der Waals surface area contributed by atoms with Crippen molar-refractivity contribution >= 4 is 23.4 Å². The first kappa shape index (κ1) is 9.48. The van der Waals surface area contributed by atoms with Crippen LogP contribution < -0.4 is 0 Å². The summed E-state index contributed by atoms with van der Waals surface area (Å²) in [4.78, 5) is 23.2. The lowest BCUT2D eigenvalue weighted by molar-refractivity contribution is -0.712. The van der Waals surface area contributed by atoms with E-state index in [9.17, 15) is 9.59 Å². The highest BCUT2D eigenvalue weighted by Gasteiger charge is 2.45. The number of nitrogens with zero attached hydrogens (tertiary/aromatic N) is 1. The summed E-state index contributed by atoms with van der Waals surface area (Å²) in [5.41, 5.74) is 0.863. The molecule has 1 atom stereocenters. The number of hydrogen-bond acceptors (Lipinski definition) is 3. The van der Waals surface area contributed by atoms with Crippen LogP contribution in [0.2, 0.25) is 0 Å². The average Bonchev–Trinajstić information content (AvgIpc) is 2.26. The Morgan fingerprint density at radius 3 is 2.25 bits per heavy atom. The normalized spacial score (nSPS) is 29.8. The van der Waals surface area contributed by atoms with Gasteiger partial charge in [0, 0.05) is 18.7 Å². The number of carbonyl (C=O) groups is 2. The van der Waals surface area contributed by atoms with Crippen LogP contribution in [0.25, 0.3) is 0 Å². The Kier molecular flexibility index (Phi) is 2.39. The molecule has 1 aliphatic heterocycles. The van der Waals surface area contributed by atoms with Gasteiger partial charge in [-0.25, -0.2) is 9.59 Å². The van der Waals surface area contributed by atoms with Gasteiger partial charge in [0.25, 0.3) is 0 Å². The van der Waals surface area contributed by atoms with Crippen molar-refractivity contribution in [3.8, 4) is 0 Å². The molecule has 3 nitrogen and oxygen atoms in total. The van der Waals surface area contributed by atoms with Crippen LogP contribution in [0, 0.1) is 0 Å². The van der Waals surface area contributed by atoms with Gasteiger partial charge < -0.3 is 0 Å². The molecule has 0 saturated heterocycles. The number of hydrogen-bond donors (Lipinski definition) is 0. The van der Waals surface area contributed by atoms with Gasteiger partial charge in [0.2, 0.25) is 0 Å². The third-order valence-electron chi connectivity index (χ3n) is 2.35. The van der Waals surface area contributed by atoms with Crippen molar-refractivity contribution in [3.63, 3.8) is 0 Å². The molecule has 0 bridgehead atoms. The maximum atomic E-state index is 11.4. The molecule has 1 aliphatic rings. The van der Waals surface area contributed by atoms with Crippen LogP contribution in [0.3, 0.4) is 0 Å². The minimum atomic E-state index is -0.128. The van der Waals surface area contributed by atoms with Crippen molar-refractivity contribution in [3.05, 3.63) is 10.6 Å². The Bertz CT molecular complexity index is 272. The van der Waals surface area contributed by atoms with E-state index in [1.807, 2.05) is 20.8 Å². The minimum Gasteiger partial charge on any atom is -0.233 e. The largest absolute Gasteiger partial charge is 0.391 e. The second-order valence-corrected chi connectivity index (χ2v) is 3.97. The number of thioether (sulfide) groups is 1. The van der Waals surface area contributed by atoms with Crippen LogP contribution in [-0.4, -0.2) is 22.7 Å². The molecule has 12 heavy (non-hydrogen) atoms. The van der Waals surface area contributed by atoms with Crippen molar-refractivity contribution in [2.45, 2.75) is 20.8 Å². The quantitative estimate of drug-likeness (QED) is 0.489. The lowest BCUT2D eigenvalue weighted by Crippen LogP contribution is -2.45. The van der Waals surface area contributed by atoms with Gasteiger partial charge in [0.1, 0.15) is 5.70 Å². The zero-order chi connectivity index (χ0) is 9.35. The smallest absolute Gasteiger partial charge is 0.233 e. The molecule has 0 radical (unpaired) electrons. The van der Waals surface area contributed by atoms with Gasteiger partial charge in [-0.3, -0.25) is 0 Å². The standard InChI is InChI=1S/C8H12NO2S/c1-4-9(5-10)6(2)7(3)12-8(9)11/h5H,4H2,1-3H3/q+1. The Labute approximate surface area is 76.0 Å². The summed E-state index contributed by atoms with van der Waals surface area (Å²) in [5, 5.41) is -0.0810. The van der Waals surface area contributed by atoms with E-state index in [4.69, 9.17) is 0 Å². The SMILES string of the molecule is CC[N+]1(C=O)C(=O)SC(C)=C1C. The second kappa shape index (κ2) is 3.03. The predicted octanol–water partition coefficient (Wildman–Crippen LogP) is 2.10. The Balaban J connectivity index is 3.18. The number of rotatable bonds is 2. The molecule has 0 fully saturated rings. The number of amides is 2. The van der Waals surface area contributed by atoms with Crippen molar-refractivity contribution in [2.75, 3.05) is 6.54 Å². The van der Waals surface area contributed by atoms with Crippen molar-refractivity contribution in [1.29, 1.82) is 0 Å². The van der Waals surface area contributed by atoms with Crippen LogP contribution in [0.5, 0.6) is 0 Å². The molecule has 2 amide bonds. The van der Waals surface area contributed by atoms with Crippen molar-refractivity contribution in [2.24, 2.45) is 0 Å². The van der Waals surface area contributed by atoms with E-state index in [0.717, 1.165) is 17.0 Å². The van der Waals surface area contributed by atoms with E-state index in [1.54, 1.807) is 0 Å². The van der Waals surface area contributed by atoms with Crippen LogP contribution >= 0.6 is 11.8 Å². The number of allylic oxidation sites excluding steroid dienone is 2. The Morgan fingerprint density at radius 1 is 1.50 bits per heavy atom. The Morgan fingerprint density at radius 2 is 2.08 bits per heavy atom. The molecule has 66 valence electrons. The third kappa shape index (κ3) is 1.03. The molecule has 0 spiro atoms. The van der Waals surface area contributed by atoms with E-state index in [0.29, 0.717) is 6.54 Å². The summed E-state index contributed by atoms with van der Waals surface area (Å²) in [6.45, 7) is 6.07. The summed E-state index contributed by atoms with van der Waals surface area (Å²) < 4.78 is -0.128. The Hall–Kier alpha value is -0.610. The van der Waals surface area contributed by atoms with Gasteiger partial charge in [0.15, 0.2) is 0 Å². The molecule has 0 aromatic rings. The summed E-state index contributed by atoms with van der Waals surface area (Å²) in [7, 11) is 0. The fraction of sp³-hybridized carbons (Fsp3) is 0.500. The lowest BCUT2D eigenvalue weighted by Gasteiger charge is -2.21. The van der Waals surface area contributed by atoms with Gasteiger partial charge >= 0.3 is 11.6 Å². The van der Waals surface area contributed by atoms with E-state index in [2.05, 4.69) is 0 Å². The van der Waals surface area contributed by atoms with Gasteiger partial charge in [-0.1, -0.05) is 0 Å². The third-order valence-corrected chi connectivity index (χ3v) is 3.45. The van der Waals surface area contributed by atoms with Gasteiger partial charge in [-0.15, -0.1) is 0 Å². The molecule has 0 N–H and O–H groups in total. The molecule has 0 aliphatic carbocycles. The highest BCUT2D eigenvalue weighted by Crippen LogP contribution is 2.38. The number of imide groups is 1. The zero-order valence-electron chi connectivity index (χ0n) is 7.46. The molecule has 0 aromatic carbocycles. The molecule has 1 rings (SSSR count). The van der Waals surface area contributed by atoms with Gasteiger partial charge in [-0.2, -0.15) is 4.48 Å². The minimum absolute atomic E-state index is 0.0810. The highest BCUT2D eigenvalue weighted by molar-refractivity contribution is 8.16. The number of carbonyl (C=O) groups excluding carboxylic acids is 2. The van der Waals surface area contributed by atoms with Gasteiger partial charge in [-0.05, 0) is 13.8 Å². The monoisotopic (exact) mass is 186 g/mol. The first-order valence-corrected chi connectivity index (χ1v) is 4.64. The van der Waals surface area contributed by atoms with Crippen molar-refractivity contribution < 1.29 is 14.1 Å². The summed E-state index contributed by atoms with van der Waals surface area (Å²) in [6, 6.07) is 0. The topological polar surface area (TPSA) is 34.1 Å². The predicted molar refractivity (Wildman–Crippen MR) is 48.2 cm³/mol. The summed E-state index contributed by atoms with van der Waals surface area (Å²) in [5.74, 6) is 0. The van der Waals surface area contributed by atoms with Gasteiger partial charge in [0.05, 0.1) is 11.4 Å². The number of quaternary nitrogens is 1. The van der Waals surface area contributed by atoms with Crippen LogP contribution in [0.4, 0.5) is 4.79 Å². The molecule has 1 heterocycles. The molecular weight excluding hydrogens is 174 g/mol. The van der Waals surface area contributed by atoms with Crippen LogP contribution in [0.15, 0.2) is 10.6 Å². The molecule has 0 aromatic heterocycles. The summed E-state index contributed by atoms with van der Waals surface area (Å²) >= 11 is 1.17. The molecule has 0 saturated carbocycles. The maximum Gasteiger partial charge on any atom is 0.391 e. The average molecular weight is 186 g/mol. The van der Waals surface area contributed by atoms with E-state index in [1.165, 1.54) is 11.8 Å². The summed E-state index contributed by atoms with van der Waals surface area (Å²) in [6.07, 6.45) is 0.723. The highest BCUT2D eigenvalue weighted by atomic mass is 32.2. The van der Waals surface area contributed by atoms with Crippen LogP contribution in [0.1, 0.15) is 20.8 Å². The first-order chi connectivity index (χ1) is 5.58. The fourth-order valence-corrected chi connectivity index (χ4v) is 2.31. The van der Waals surface area contributed by atoms with Crippen molar-refractivity contribution in [1.82, 2.24) is 0 Å². The molecular formula is C8H12NO2S+.